The van der Waals surface area contributed by atoms with Crippen molar-refractivity contribution in [3.63, 3.8) is 0 Å². The minimum absolute atomic E-state index is 0.103. The maximum absolute atomic E-state index is 12.6. The van der Waals surface area contributed by atoms with Crippen LogP contribution in [0.25, 0.3) is 11.4 Å². The first-order valence-corrected chi connectivity index (χ1v) is 10.3. The zero-order chi connectivity index (χ0) is 20.2. The third kappa shape index (κ3) is 4.62. The van der Waals surface area contributed by atoms with E-state index >= 15 is 0 Å². The Morgan fingerprint density at radius 3 is 2.41 bits per heavy atom. The minimum atomic E-state index is 0.103. The normalized spacial score (nSPS) is 15.7. The number of Topliss-reactive ketones (excluding diaryl/α,β-unsaturated/α-hetero) is 1. The molecular formula is C24H27N3O2. The van der Waals surface area contributed by atoms with Crippen LogP contribution in [-0.2, 0) is 6.54 Å². The zero-order valence-electron chi connectivity index (χ0n) is 17.0. The zero-order valence-corrected chi connectivity index (χ0v) is 17.0. The van der Waals surface area contributed by atoms with Crippen LogP contribution >= 0.6 is 0 Å². The number of ketones is 1. The van der Waals surface area contributed by atoms with Gasteiger partial charge in [-0.3, -0.25) is 9.69 Å². The van der Waals surface area contributed by atoms with Crippen LogP contribution in [0.4, 0.5) is 0 Å². The van der Waals surface area contributed by atoms with Crippen molar-refractivity contribution >= 4 is 5.78 Å². The van der Waals surface area contributed by atoms with Crippen molar-refractivity contribution < 1.29 is 9.32 Å². The largest absolute Gasteiger partial charge is 0.338 e. The molecule has 150 valence electrons. The molecule has 0 unspecified atom stereocenters. The fourth-order valence-electron chi connectivity index (χ4n) is 3.84. The molecule has 1 fully saturated rings. The first-order valence-electron chi connectivity index (χ1n) is 10.3. The lowest BCUT2D eigenvalue weighted by Gasteiger charge is -2.30. The van der Waals surface area contributed by atoms with E-state index in [0.717, 1.165) is 37.1 Å². The first kappa shape index (κ1) is 19.5. The second-order valence-corrected chi connectivity index (χ2v) is 8.07. The number of aromatic nitrogens is 2. The second-order valence-electron chi connectivity index (χ2n) is 8.07. The van der Waals surface area contributed by atoms with Gasteiger partial charge in [0.1, 0.15) is 0 Å². The van der Waals surface area contributed by atoms with Crippen LogP contribution in [0, 0.1) is 5.92 Å². The monoisotopic (exact) mass is 389 g/mol. The minimum Gasteiger partial charge on any atom is -0.338 e. The Balaban J connectivity index is 1.33. The Hall–Kier alpha value is -2.79. The summed E-state index contributed by atoms with van der Waals surface area (Å²) in [6.07, 6.45) is 1.73. The van der Waals surface area contributed by atoms with Crippen molar-refractivity contribution in [1.29, 1.82) is 0 Å². The molecule has 5 nitrogen and oxygen atoms in total. The van der Waals surface area contributed by atoms with E-state index in [1.54, 1.807) is 0 Å². The smallest absolute Gasteiger partial charge is 0.241 e. The van der Waals surface area contributed by atoms with Crippen LogP contribution in [0.2, 0.25) is 0 Å². The lowest BCUT2D eigenvalue weighted by Crippen LogP contribution is -2.36. The summed E-state index contributed by atoms with van der Waals surface area (Å²) in [5.41, 5.74) is 3.08. The molecule has 4 rings (SSSR count). The molecule has 3 aromatic rings. The van der Waals surface area contributed by atoms with Crippen LogP contribution in [0.3, 0.4) is 0 Å². The van der Waals surface area contributed by atoms with Gasteiger partial charge in [0.15, 0.2) is 5.78 Å². The highest BCUT2D eigenvalue weighted by Gasteiger charge is 2.26. The van der Waals surface area contributed by atoms with Gasteiger partial charge in [0, 0.05) is 17.0 Å². The van der Waals surface area contributed by atoms with Gasteiger partial charge in [-0.15, -0.1) is 0 Å². The number of carbonyl (C=O) groups excluding carboxylic acids is 1. The molecule has 0 aliphatic carbocycles. The fraction of sp³-hybridized carbons (Fsp3) is 0.375. The molecule has 0 spiro atoms. The Morgan fingerprint density at radius 1 is 1.07 bits per heavy atom. The maximum atomic E-state index is 12.6. The van der Waals surface area contributed by atoms with Crippen molar-refractivity contribution in [2.75, 3.05) is 13.1 Å². The highest BCUT2D eigenvalue weighted by atomic mass is 16.5. The van der Waals surface area contributed by atoms with Gasteiger partial charge in [-0.1, -0.05) is 73.6 Å². The third-order valence-electron chi connectivity index (χ3n) is 5.68. The van der Waals surface area contributed by atoms with Crippen molar-refractivity contribution in [3.8, 4) is 11.4 Å². The van der Waals surface area contributed by atoms with Crippen LogP contribution in [0.15, 0.2) is 59.1 Å². The SMILES string of the molecule is CC(C)c1ccc(-c2noc(CN3CCC(C(=O)c4ccccc4)CC3)n2)cc1. The number of hydrogen-bond donors (Lipinski definition) is 0. The van der Waals surface area contributed by atoms with E-state index in [-0.39, 0.29) is 11.7 Å². The van der Waals surface area contributed by atoms with Crippen molar-refractivity contribution in [2.24, 2.45) is 5.92 Å². The fourth-order valence-corrected chi connectivity index (χ4v) is 3.84. The molecule has 0 bridgehead atoms. The Labute approximate surface area is 171 Å². The molecule has 0 atom stereocenters. The van der Waals surface area contributed by atoms with Gasteiger partial charge in [0.05, 0.1) is 6.54 Å². The molecule has 2 aromatic carbocycles. The Kier molecular flexibility index (Phi) is 5.86. The van der Waals surface area contributed by atoms with Gasteiger partial charge in [-0.2, -0.15) is 4.98 Å². The summed E-state index contributed by atoms with van der Waals surface area (Å²) in [5.74, 6) is 2.12. The van der Waals surface area contributed by atoms with Gasteiger partial charge in [0.25, 0.3) is 0 Å². The predicted octanol–water partition coefficient (Wildman–Crippen LogP) is 4.95. The number of likely N-dealkylation sites (tertiary alicyclic amines) is 1. The van der Waals surface area contributed by atoms with Crippen molar-refractivity contribution in [2.45, 2.75) is 39.2 Å². The Morgan fingerprint density at radius 2 is 1.76 bits per heavy atom. The first-order chi connectivity index (χ1) is 14.1. The molecule has 2 heterocycles. The molecule has 29 heavy (non-hydrogen) atoms. The topological polar surface area (TPSA) is 59.2 Å². The van der Waals surface area contributed by atoms with Crippen molar-refractivity contribution in [1.82, 2.24) is 15.0 Å². The van der Waals surface area contributed by atoms with E-state index < -0.39 is 0 Å². The van der Waals surface area contributed by atoms with Crippen molar-refractivity contribution in [3.05, 3.63) is 71.6 Å². The van der Waals surface area contributed by atoms with Crippen LogP contribution in [0.5, 0.6) is 0 Å². The van der Waals surface area contributed by atoms with E-state index in [2.05, 4.69) is 41.0 Å². The Bertz CT molecular complexity index is 940. The molecule has 1 aliphatic rings. The molecule has 0 saturated carbocycles. The number of rotatable bonds is 6. The van der Waals surface area contributed by atoms with E-state index in [9.17, 15) is 4.79 Å². The molecule has 1 aliphatic heterocycles. The summed E-state index contributed by atoms with van der Waals surface area (Å²) < 4.78 is 5.47. The number of piperidine rings is 1. The number of nitrogens with zero attached hydrogens (tertiary/aromatic N) is 3. The maximum Gasteiger partial charge on any atom is 0.241 e. The molecule has 1 saturated heterocycles. The standard InChI is InChI=1S/C24H27N3O2/c1-17(2)18-8-10-21(11-9-18)24-25-22(29-26-24)16-27-14-12-20(13-15-27)23(28)19-6-4-3-5-7-19/h3-11,17,20H,12-16H2,1-2H3. The number of benzene rings is 2. The van der Waals surface area contributed by atoms with Gasteiger partial charge in [0.2, 0.25) is 11.7 Å². The summed E-state index contributed by atoms with van der Waals surface area (Å²) in [6.45, 7) is 6.72. The van der Waals surface area contributed by atoms with Crippen LogP contribution in [0.1, 0.15) is 54.4 Å². The third-order valence-corrected chi connectivity index (χ3v) is 5.68. The van der Waals surface area contributed by atoms with Gasteiger partial charge in [-0.25, -0.2) is 0 Å². The van der Waals surface area contributed by atoms with Gasteiger partial charge >= 0.3 is 0 Å². The number of carbonyl (C=O) groups is 1. The molecular weight excluding hydrogens is 362 g/mol. The predicted molar refractivity (Wildman–Crippen MR) is 113 cm³/mol. The molecule has 1 aromatic heterocycles. The average Bonchev–Trinajstić information content (AvgIpc) is 3.23. The summed E-state index contributed by atoms with van der Waals surface area (Å²) in [6, 6.07) is 17.9. The number of hydrogen-bond acceptors (Lipinski definition) is 5. The molecule has 5 heteroatoms. The highest BCUT2D eigenvalue weighted by Crippen LogP contribution is 2.24. The molecule has 0 radical (unpaired) electrons. The highest BCUT2D eigenvalue weighted by molar-refractivity contribution is 5.97. The lowest BCUT2D eigenvalue weighted by molar-refractivity contribution is 0.0825. The quantitative estimate of drug-likeness (QED) is 0.558. The summed E-state index contributed by atoms with van der Waals surface area (Å²) in [4.78, 5) is 19.5. The average molecular weight is 389 g/mol. The van der Waals surface area contributed by atoms with Gasteiger partial charge in [-0.05, 0) is 37.4 Å². The van der Waals surface area contributed by atoms with Gasteiger partial charge < -0.3 is 4.52 Å². The van der Waals surface area contributed by atoms with Crippen LogP contribution < -0.4 is 0 Å². The van der Waals surface area contributed by atoms with E-state index in [1.165, 1.54) is 5.56 Å². The molecule has 0 amide bonds. The second kappa shape index (κ2) is 8.70. The van der Waals surface area contributed by atoms with Crippen LogP contribution in [-0.4, -0.2) is 33.9 Å². The molecule has 0 N–H and O–H groups in total. The summed E-state index contributed by atoms with van der Waals surface area (Å²) >= 11 is 0. The summed E-state index contributed by atoms with van der Waals surface area (Å²) in [7, 11) is 0. The summed E-state index contributed by atoms with van der Waals surface area (Å²) in [5, 5.41) is 4.14. The van der Waals surface area contributed by atoms with E-state index in [4.69, 9.17) is 4.52 Å². The van der Waals surface area contributed by atoms with E-state index in [0.29, 0.717) is 24.2 Å². The lowest BCUT2D eigenvalue weighted by atomic mass is 9.89. The van der Waals surface area contributed by atoms with E-state index in [1.807, 2.05) is 42.5 Å².